The van der Waals surface area contributed by atoms with E-state index in [9.17, 15) is 8.42 Å². The normalized spacial score (nSPS) is 13.7. The summed E-state index contributed by atoms with van der Waals surface area (Å²) in [6.45, 7) is 6.39. The summed E-state index contributed by atoms with van der Waals surface area (Å²) in [4.78, 5) is 0.196. The molecule has 0 aliphatic carbocycles. The van der Waals surface area contributed by atoms with Crippen molar-refractivity contribution in [3.63, 3.8) is 0 Å². The maximum absolute atomic E-state index is 11.7. The molecule has 0 spiro atoms. The maximum atomic E-state index is 11.7. The zero-order valence-corrected chi connectivity index (χ0v) is 12.8. The Labute approximate surface area is 115 Å². The van der Waals surface area contributed by atoms with Crippen LogP contribution in [0.5, 0.6) is 0 Å². The predicted octanol–water partition coefficient (Wildman–Crippen LogP) is 1.25. The first kappa shape index (κ1) is 16.1. The van der Waals surface area contributed by atoms with Gasteiger partial charge in [0.25, 0.3) is 0 Å². The molecule has 0 aliphatic heterocycles. The summed E-state index contributed by atoms with van der Waals surface area (Å²) < 4.78 is 30.3. The lowest BCUT2D eigenvalue weighted by Crippen LogP contribution is -2.17. The third-order valence-electron chi connectivity index (χ3n) is 3.14. The Bertz CT molecular complexity index is 523. The van der Waals surface area contributed by atoms with Crippen LogP contribution < -0.4 is 5.14 Å². The van der Waals surface area contributed by atoms with Crippen molar-refractivity contribution in [2.45, 2.75) is 51.0 Å². The molecule has 0 saturated heterocycles. The first-order valence-electron chi connectivity index (χ1n) is 6.48. The van der Waals surface area contributed by atoms with Gasteiger partial charge in [-0.1, -0.05) is 13.8 Å². The van der Waals surface area contributed by atoms with Gasteiger partial charge in [0.05, 0.1) is 17.4 Å². The number of primary sulfonamides is 1. The first-order chi connectivity index (χ1) is 8.86. The van der Waals surface area contributed by atoms with E-state index in [1.807, 2.05) is 20.8 Å². The average molecular weight is 289 g/mol. The summed E-state index contributed by atoms with van der Waals surface area (Å²) in [5, 5.41) is 9.74. The fourth-order valence-corrected chi connectivity index (χ4v) is 3.24. The number of sulfonamides is 1. The molecule has 1 heterocycles. The van der Waals surface area contributed by atoms with Crippen molar-refractivity contribution in [3.05, 3.63) is 11.4 Å². The van der Waals surface area contributed by atoms with Gasteiger partial charge in [0.15, 0.2) is 0 Å². The molecule has 0 amide bonds. The van der Waals surface area contributed by atoms with Gasteiger partial charge in [0.2, 0.25) is 10.0 Å². The summed E-state index contributed by atoms with van der Waals surface area (Å²) in [5.41, 5.74) is 1.23. The van der Waals surface area contributed by atoms with Crippen molar-refractivity contribution in [1.29, 1.82) is 0 Å². The molecular formula is C12H23N3O3S. The summed E-state index contributed by atoms with van der Waals surface area (Å²) in [6.07, 6.45) is 1.90. The molecule has 1 aromatic heterocycles. The van der Waals surface area contributed by atoms with E-state index in [0.717, 1.165) is 6.42 Å². The van der Waals surface area contributed by atoms with E-state index >= 15 is 0 Å². The zero-order valence-electron chi connectivity index (χ0n) is 12.0. The Balaban J connectivity index is 3.31. The van der Waals surface area contributed by atoms with E-state index in [1.54, 1.807) is 11.8 Å². The Morgan fingerprint density at radius 3 is 2.42 bits per heavy atom. The number of nitrogens with two attached hydrogens (primary N) is 1. The van der Waals surface area contributed by atoms with E-state index in [0.29, 0.717) is 30.8 Å². The van der Waals surface area contributed by atoms with Crippen LogP contribution in [-0.2, 0) is 27.6 Å². The Morgan fingerprint density at radius 2 is 2.00 bits per heavy atom. The van der Waals surface area contributed by atoms with Crippen LogP contribution in [0.3, 0.4) is 0 Å². The summed E-state index contributed by atoms with van der Waals surface area (Å²) in [5.74, 6) is 0. The van der Waals surface area contributed by atoms with Crippen LogP contribution in [0.4, 0.5) is 0 Å². The van der Waals surface area contributed by atoms with Gasteiger partial charge >= 0.3 is 0 Å². The lowest BCUT2D eigenvalue weighted by atomic mass is 10.2. The fourth-order valence-electron chi connectivity index (χ4n) is 2.16. The standard InChI is InChI=1S/C12H23N3O3S/c1-5-10-12(19(13,16)17)11(6-2)15(14-10)9(3)7-8-18-4/h9H,5-8H2,1-4H3,(H2,13,16,17). The van der Waals surface area contributed by atoms with Crippen LogP contribution in [0.15, 0.2) is 4.90 Å². The number of methoxy groups -OCH3 is 1. The SMILES string of the molecule is CCc1nn(C(C)CCOC)c(CC)c1S(N)(=O)=O. The molecule has 1 atom stereocenters. The van der Waals surface area contributed by atoms with Gasteiger partial charge in [-0.2, -0.15) is 5.10 Å². The molecule has 2 N–H and O–H groups in total. The van der Waals surface area contributed by atoms with Gasteiger partial charge in [-0.3, -0.25) is 4.68 Å². The summed E-state index contributed by atoms with van der Waals surface area (Å²) in [6, 6.07) is 0.0794. The predicted molar refractivity (Wildman–Crippen MR) is 73.6 cm³/mol. The molecule has 0 radical (unpaired) electrons. The summed E-state index contributed by atoms with van der Waals surface area (Å²) >= 11 is 0. The molecule has 0 aliphatic rings. The average Bonchev–Trinajstić information content (AvgIpc) is 2.74. The minimum atomic E-state index is -3.74. The second-order valence-corrected chi connectivity index (χ2v) is 6.05. The highest BCUT2D eigenvalue weighted by Gasteiger charge is 2.25. The largest absolute Gasteiger partial charge is 0.385 e. The molecule has 19 heavy (non-hydrogen) atoms. The molecule has 0 aromatic carbocycles. The van der Waals surface area contributed by atoms with Crippen LogP contribution in [0, 0.1) is 0 Å². The third-order valence-corrected chi connectivity index (χ3v) is 4.18. The Kier molecular flexibility index (Phi) is 5.51. The Hall–Kier alpha value is -0.920. The van der Waals surface area contributed by atoms with Crippen molar-refractivity contribution >= 4 is 10.0 Å². The highest BCUT2D eigenvalue weighted by atomic mass is 32.2. The number of nitrogens with zero attached hydrogens (tertiary/aromatic N) is 2. The van der Waals surface area contributed by atoms with Gasteiger partial charge in [-0.25, -0.2) is 13.6 Å². The zero-order chi connectivity index (χ0) is 14.6. The monoisotopic (exact) mass is 289 g/mol. The number of aryl methyl sites for hydroxylation is 1. The number of rotatable bonds is 7. The maximum Gasteiger partial charge on any atom is 0.241 e. The molecule has 110 valence electrons. The van der Waals surface area contributed by atoms with E-state index in [2.05, 4.69) is 5.10 Å². The van der Waals surface area contributed by atoms with E-state index in [-0.39, 0.29) is 10.9 Å². The van der Waals surface area contributed by atoms with E-state index < -0.39 is 10.0 Å². The molecule has 0 bridgehead atoms. The second-order valence-electron chi connectivity index (χ2n) is 4.55. The molecule has 7 heteroatoms. The lowest BCUT2D eigenvalue weighted by molar-refractivity contribution is 0.178. The number of hydrogen-bond donors (Lipinski definition) is 1. The Morgan fingerprint density at radius 1 is 1.37 bits per heavy atom. The molecule has 1 rings (SSSR count). The summed E-state index contributed by atoms with van der Waals surface area (Å²) in [7, 11) is -2.09. The molecule has 0 fully saturated rings. The minimum Gasteiger partial charge on any atom is -0.385 e. The van der Waals surface area contributed by atoms with Gasteiger partial charge in [0.1, 0.15) is 4.90 Å². The van der Waals surface area contributed by atoms with E-state index in [1.165, 1.54) is 0 Å². The molecule has 1 aromatic rings. The van der Waals surface area contributed by atoms with Crippen molar-refractivity contribution in [1.82, 2.24) is 9.78 Å². The van der Waals surface area contributed by atoms with Crippen LogP contribution in [0.1, 0.15) is 44.6 Å². The van der Waals surface area contributed by atoms with Crippen LogP contribution in [0.25, 0.3) is 0 Å². The van der Waals surface area contributed by atoms with Gasteiger partial charge < -0.3 is 4.74 Å². The third kappa shape index (κ3) is 3.55. The molecular weight excluding hydrogens is 266 g/mol. The highest BCUT2D eigenvalue weighted by molar-refractivity contribution is 7.89. The van der Waals surface area contributed by atoms with Crippen LogP contribution in [0.2, 0.25) is 0 Å². The highest BCUT2D eigenvalue weighted by Crippen LogP contribution is 2.24. The minimum absolute atomic E-state index is 0.0794. The lowest BCUT2D eigenvalue weighted by Gasteiger charge is -2.15. The second kappa shape index (κ2) is 6.49. The quantitative estimate of drug-likeness (QED) is 0.818. The van der Waals surface area contributed by atoms with Crippen molar-refractivity contribution in [2.75, 3.05) is 13.7 Å². The van der Waals surface area contributed by atoms with Crippen molar-refractivity contribution < 1.29 is 13.2 Å². The van der Waals surface area contributed by atoms with Crippen molar-refractivity contribution in [2.24, 2.45) is 5.14 Å². The van der Waals surface area contributed by atoms with Crippen LogP contribution in [-0.4, -0.2) is 31.9 Å². The molecule has 6 nitrogen and oxygen atoms in total. The topological polar surface area (TPSA) is 87.2 Å². The van der Waals surface area contributed by atoms with Crippen molar-refractivity contribution in [3.8, 4) is 0 Å². The smallest absolute Gasteiger partial charge is 0.241 e. The number of aromatic nitrogens is 2. The van der Waals surface area contributed by atoms with Gasteiger partial charge in [0, 0.05) is 13.7 Å². The number of ether oxygens (including phenoxy) is 1. The van der Waals surface area contributed by atoms with E-state index in [4.69, 9.17) is 9.88 Å². The van der Waals surface area contributed by atoms with Gasteiger partial charge in [-0.15, -0.1) is 0 Å². The fraction of sp³-hybridized carbons (Fsp3) is 0.750. The molecule has 0 saturated carbocycles. The van der Waals surface area contributed by atoms with Gasteiger partial charge in [-0.05, 0) is 26.2 Å². The number of hydrogen-bond acceptors (Lipinski definition) is 4. The first-order valence-corrected chi connectivity index (χ1v) is 8.03. The molecule has 1 unspecified atom stereocenters. The van der Waals surface area contributed by atoms with Crippen LogP contribution >= 0.6 is 0 Å².